The van der Waals surface area contributed by atoms with E-state index in [9.17, 15) is 8.78 Å². The summed E-state index contributed by atoms with van der Waals surface area (Å²) in [7, 11) is 0.496. The highest BCUT2D eigenvalue weighted by Gasteiger charge is 2.53. The number of hydrogen-bond donors (Lipinski definition) is 0. The minimum atomic E-state index is -2.67. The molecule has 0 radical (unpaired) electrons. The van der Waals surface area contributed by atoms with Crippen LogP contribution in [0.5, 0.6) is 5.75 Å². The van der Waals surface area contributed by atoms with Gasteiger partial charge in [0.2, 0.25) is 0 Å². The molecule has 7 heteroatoms. The van der Waals surface area contributed by atoms with Crippen molar-refractivity contribution in [1.29, 1.82) is 0 Å². The minimum absolute atomic E-state index is 0.0967. The molecular weight excluding hydrogens is 267 g/mol. The fourth-order valence-electron chi connectivity index (χ4n) is 1.91. The first kappa shape index (κ1) is 15.2. The lowest BCUT2D eigenvalue weighted by atomic mass is 9.81. The Morgan fingerprint density at radius 2 is 1.75 bits per heavy atom. The van der Waals surface area contributed by atoms with Crippen LogP contribution in [0.3, 0.4) is 0 Å². The van der Waals surface area contributed by atoms with E-state index in [1.54, 1.807) is 0 Å². The van der Waals surface area contributed by atoms with E-state index in [1.807, 2.05) is 27.7 Å². The first-order valence-electron chi connectivity index (χ1n) is 6.35. The van der Waals surface area contributed by atoms with Crippen LogP contribution in [0.15, 0.2) is 12.3 Å². The third kappa shape index (κ3) is 2.52. The monoisotopic (exact) mass is 285 g/mol. The second-order valence-corrected chi connectivity index (χ2v) is 5.74. The van der Waals surface area contributed by atoms with Crippen molar-refractivity contribution in [2.75, 3.05) is 7.11 Å². The van der Waals surface area contributed by atoms with Crippen LogP contribution in [0.25, 0.3) is 0 Å². The zero-order chi connectivity index (χ0) is 15.1. The van der Waals surface area contributed by atoms with Gasteiger partial charge in [-0.05, 0) is 33.8 Å². The Labute approximate surface area is 117 Å². The van der Waals surface area contributed by atoms with Crippen molar-refractivity contribution in [2.24, 2.45) is 0 Å². The first-order valence-corrected chi connectivity index (χ1v) is 6.35. The number of aromatic nitrogens is 1. The van der Waals surface area contributed by atoms with E-state index in [1.165, 1.54) is 19.4 Å². The van der Waals surface area contributed by atoms with Gasteiger partial charge in [-0.25, -0.2) is 8.78 Å². The summed E-state index contributed by atoms with van der Waals surface area (Å²) in [5, 5.41) is 0. The normalized spacial score (nSPS) is 20.5. The van der Waals surface area contributed by atoms with Crippen LogP contribution in [0.1, 0.15) is 39.7 Å². The van der Waals surface area contributed by atoms with Crippen molar-refractivity contribution >= 4 is 12.7 Å². The second-order valence-electron chi connectivity index (χ2n) is 5.74. The summed E-state index contributed by atoms with van der Waals surface area (Å²) in [6.45, 7) is 7.44. The van der Waals surface area contributed by atoms with Crippen molar-refractivity contribution < 1.29 is 22.8 Å². The van der Waals surface area contributed by atoms with E-state index in [0.717, 1.165) is 0 Å². The van der Waals surface area contributed by atoms with Crippen LogP contribution < -0.4 is 10.3 Å². The third-order valence-corrected chi connectivity index (χ3v) is 3.87. The number of rotatable bonds is 3. The number of hydrogen-bond acceptors (Lipinski definition) is 4. The van der Waals surface area contributed by atoms with Crippen molar-refractivity contribution in [3.8, 4) is 5.75 Å². The molecular formula is C13H18BF2NO3. The van der Waals surface area contributed by atoms with Crippen LogP contribution >= 0.6 is 0 Å². The highest BCUT2D eigenvalue weighted by atomic mass is 19.3. The molecule has 0 atom stereocenters. The van der Waals surface area contributed by atoms with Gasteiger partial charge in [0, 0.05) is 5.56 Å². The lowest BCUT2D eigenvalue weighted by Gasteiger charge is -2.32. The van der Waals surface area contributed by atoms with Crippen LogP contribution in [-0.4, -0.2) is 30.4 Å². The van der Waals surface area contributed by atoms with Crippen LogP contribution in [0, 0.1) is 0 Å². The van der Waals surface area contributed by atoms with Crippen molar-refractivity contribution in [1.82, 2.24) is 4.98 Å². The van der Waals surface area contributed by atoms with Crippen LogP contribution in [0.4, 0.5) is 8.78 Å². The Hall–Kier alpha value is -1.21. The number of alkyl halides is 2. The number of halogens is 2. The Morgan fingerprint density at radius 3 is 2.20 bits per heavy atom. The predicted molar refractivity (Wildman–Crippen MR) is 71.5 cm³/mol. The van der Waals surface area contributed by atoms with E-state index in [0.29, 0.717) is 0 Å². The fourth-order valence-corrected chi connectivity index (χ4v) is 1.91. The number of ether oxygens (including phenoxy) is 1. The minimum Gasteiger partial charge on any atom is -0.495 e. The highest BCUT2D eigenvalue weighted by Crippen LogP contribution is 2.37. The van der Waals surface area contributed by atoms with Crippen LogP contribution in [0.2, 0.25) is 0 Å². The molecule has 1 saturated heterocycles. The average Bonchev–Trinajstić information content (AvgIpc) is 2.57. The van der Waals surface area contributed by atoms with Crippen LogP contribution in [-0.2, 0) is 9.31 Å². The molecule has 20 heavy (non-hydrogen) atoms. The molecule has 4 nitrogen and oxygen atoms in total. The molecule has 1 aromatic rings. The molecule has 0 aromatic carbocycles. The Kier molecular flexibility index (Phi) is 3.77. The zero-order valence-electron chi connectivity index (χ0n) is 12.2. The van der Waals surface area contributed by atoms with Gasteiger partial charge < -0.3 is 14.0 Å². The maximum atomic E-state index is 13.2. The zero-order valence-corrected chi connectivity index (χ0v) is 12.2. The van der Waals surface area contributed by atoms with Gasteiger partial charge in [-0.3, -0.25) is 4.98 Å². The van der Waals surface area contributed by atoms with Crippen molar-refractivity contribution in [3.05, 3.63) is 17.8 Å². The molecule has 0 amide bonds. The SMILES string of the molecule is COc1cnc(B2OC(C)(C)C(C)(C)O2)c(C(F)F)c1. The largest absolute Gasteiger partial charge is 0.515 e. The maximum absolute atomic E-state index is 13.2. The molecule has 1 fully saturated rings. The van der Waals surface area contributed by atoms with Gasteiger partial charge in [-0.2, -0.15) is 0 Å². The summed E-state index contributed by atoms with van der Waals surface area (Å²) in [6.07, 6.45) is -1.29. The Bertz CT molecular complexity index is 492. The van der Waals surface area contributed by atoms with E-state index in [2.05, 4.69) is 4.98 Å². The van der Waals surface area contributed by atoms with E-state index < -0.39 is 24.7 Å². The van der Waals surface area contributed by atoms with Gasteiger partial charge in [0.15, 0.2) is 0 Å². The molecule has 1 aliphatic rings. The van der Waals surface area contributed by atoms with E-state index >= 15 is 0 Å². The maximum Gasteiger partial charge on any atom is 0.515 e. The molecule has 0 saturated carbocycles. The van der Waals surface area contributed by atoms with Crippen molar-refractivity contribution in [3.63, 3.8) is 0 Å². The first-order chi connectivity index (χ1) is 9.18. The third-order valence-electron chi connectivity index (χ3n) is 3.87. The van der Waals surface area contributed by atoms with Gasteiger partial charge in [0.25, 0.3) is 6.43 Å². The molecule has 1 aliphatic heterocycles. The Balaban J connectivity index is 2.39. The summed E-state index contributed by atoms with van der Waals surface area (Å²) < 4.78 is 42.8. The molecule has 110 valence electrons. The lowest BCUT2D eigenvalue weighted by molar-refractivity contribution is 0.00578. The summed E-state index contributed by atoms with van der Waals surface area (Å²) in [5.74, 6) is 0.278. The van der Waals surface area contributed by atoms with E-state index in [-0.39, 0.29) is 16.9 Å². The smallest absolute Gasteiger partial charge is 0.495 e. The van der Waals surface area contributed by atoms with Gasteiger partial charge in [-0.1, -0.05) is 0 Å². The second kappa shape index (κ2) is 4.97. The summed E-state index contributed by atoms with van der Waals surface area (Å²) in [5.41, 5.74) is -1.33. The average molecular weight is 285 g/mol. The van der Waals surface area contributed by atoms with Gasteiger partial charge >= 0.3 is 7.12 Å². The molecule has 0 bridgehead atoms. The van der Waals surface area contributed by atoms with Crippen molar-refractivity contribution in [2.45, 2.75) is 45.3 Å². The summed E-state index contributed by atoms with van der Waals surface area (Å²) >= 11 is 0. The highest BCUT2D eigenvalue weighted by molar-refractivity contribution is 6.61. The van der Waals surface area contributed by atoms with Gasteiger partial charge in [-0.15, -0.1) is 0 Å². The van der Waals surface area contributed by atoms with E-state index in [4.69, 9.17) is 14.0 Å². The molecule has 0 aliphatic carbocycles. The molecule has 2 heterocycles. The quantitative estimate of drug-likeness (QED) is 0.799. The van der Waals surface area contributed by atoms with Gasteiger partial charge in [0.1, 0.15) is 5.75 Å². The van der Waals surface area contributed by atoms with Gasteiger partial charge in [0.05, 0.1) is 30.1 Å². The molecule has 2 rings (SSSR count). The summed E-state index contributed by atoms with van der Waals surface area (Å²) in [4.78, 5) is 4.03. The molecule has 0 unspecified atom stereocenters. The number of pyridine rings is 1. The number of methoxy groups -OCH3 is 1. The summed E-state index contributed by atoms with van der Waals surface area (Å²) in [6, 6.07) is 1.26. The standard InChI is InChI=1S/C13H18BF2NO3/c1-12(2)13(3,4)20-14(19-12)10-9(11(15)16)6-8(18-5)7-17-10/h6-7,11H,1-5H3. The molecule has 1 aromatic heterocycles. The molecule has 0 spiro atoms. The predicted octanol–water partition coefficient (Wildman–Crippen LogP) is 2.33. The Morgan fingerprint density at radius 1 is 1.20 bits per heavy atom. The lowest BCUT2D eigenvalue weighted by Crippen LogP contribution is -2.41. The number of nitrogens with zero attached hydrogens (tertiary/aromatic N) is 1. The topological polar surface area (TPSA) is 40.6 Å². The molecule has 0 N–H and O–H groups in total. The fraction of sp³-hybridized carbons (Fsp3) is 0.615.